The summed E-state index contributed by atoms with van der Waals surface area (Å²) in [6.07, 6.45) is 2.08. The summed E-state index contributed by atoms with van der Waals surface area (Å²) < 4.78 is 0. The van der Waals surface area contributed by atoms with E-state index in [-0.39, 0.29) is 6.10 Å². The standard InChI is InChI=1S/C16H26N2O/c1-3-17(4-2)12-15(19)13-18-11-7-9-14-8-5-6-10-16(14)18/h5-6,8,10,15,19H,3-4,7,9,11-13H2,1-2H3/t15-/m1/s1. The summed E-state index contributed by atoms with van der Waals surface area (Å²) in [5, 5.41) is 10.3. The Labute approximate surface area is 116 Å². The minimum Gasteiger partial charge on any atom is -0.390 e. The summed E-state index contributed by atoms with van der Waals surface area (Å²) in [6.45, 7) is 8.87. The Balaban J connectivity index is 1.96. The van der Waals surface area contributed by atoms with Crippen LogP contribution in [0.1, 0.15) is 25.8 Å². The van der Waals surface area contributed by atoms with Crippen LogP contribution in [-0.4, -0.2) is 48.8 Å². The first-order valence-electron chi connectivity index (χ1n) is 7.47. The topological polar surface area (TPSA) is 26.7 Å². The lowest BCUT2D eigenvalue weighted by atomic mass is 10.0. The number of likely N-dealkylation sites (N-methyl/N-ethyl adjacent to an activating group) is 1. The molecule has 106 valence electrons. The molecule has 0 aromatic heterocycles. The molecule has 1 heterocycles. The number of rotatable bonds is 6. The van der Waals surface area contributed by atoms with Crippen molar-refractivity contribution in [2.45, 2.75) is 32.8 Å². The molecular formula is C16H26N2O. The minimum absolute atomic E-state index is 0.272. The molecule has 19 heavy (non-hydrogen) atoms. The van der Waals surface area contributed by atoms with Crippen LogP contribution in [0.5, 0.6) is 0 Å². The van der Waals surface area contributed by atoms with Gasteiger partial charge in [0.05, 0.1) is 6.10 Å². The van der Waals surface area contributed by atoms with Crippen molar-refractivity contribution in [1.29, 1.82) is 0 Å². The highest BCUT2D eigenvalue weighted by Gasteiger charge is 2.19. The molecule has 1 atom stereocenters. The Morgan fingerprint density at radius 1 is 1.26 bits per heavy atom. The number of anilines is 1. The monoisotopic (exact) mass is 262 g/mol. The summed E-state index contributed by atoms with van der Waals surface area (Å²) in [6, 6.07) is 8.58. The molecule has 0 saturated heterocycles. The lowest BCUT2D eigenvalue weighted by Gasteiger charge is -2.34. The highest BCUT2D eigenvalue weighted by atomic mass is 16.3. The predicted octanol–water partition coefficient (Wildman–Crippen LogP) is 2.14. The van der Waals surface area contributed by atoms with Crippen molar-refractivity contribution in [3.05, 3.63) is 29.8 Å². The van der Waals surface area contributed by atoms with Crippen LogP contribution in [-0.2, 0) is 6.42 Å². The van der Waals surface area contributed by atoms with Crippen LogP contribution in [0.4, 0.5) is 5.69 Å². The lowest BCUT2D eigenvalue weighted by molar-refractivity contribution is 0.122. The van der Waals surface area contributed by atoms with Gasteiger partial charge in [-0.15, -0.1) is 0 Å². The molecule has 1 aliphatic heterocycles. The fourth-order valence-electron chi connectivity index (χ4n) is 2.89. The molecule has 0 radical (unpaired) electrons. The van der Waals surface area contributed by atoms with Gasteiger partial charge in [0, 0.05) is 25.3 Å². The quantitative estimate of drug-likeness (QED) is 0.851. The fraction of sp³-hybridized carbons (Fsp3) is 0.625. The van der Waals surface area contributed by atoms with E-state index in [9.17, 15) is 5.11 Å². The lowest BCUT2D eigenvalue weighted by Crippen LogP contribution is -2.42. The number of β-amino-alcohol motifs (C(OH)–C–C–N with tert-alkyl or cyclic N) is 1. The van der Waals surface area contributed by atoms with Crippen molar-refractivity contribution in [1.82, 2.24) is 4.90 Å². The molecule has 2 rings (SSSR count). The zero-order valence-corrected chi connectivity index (χ0v) is 12.2. The summed E-state index contributed by atoms with van der Waals surface area (Å²) in [5.74, 6) is 0. The Hall–Kier alpha value is -1.06. The molecule has 3 nitrogen and oxygen atoms in total. The molecule has 1 aromatic carbocycles. The summed E-state index contributed by atoms with van der Waals surface area (Å²) in [5.41, 5.74) is 2.73. The van der Waals surface area contributed by atoms with E-state index in [1.807, 2.05) is 0 Å². The third kappa shape index (κ3) is 3.71. The Bertz CT molecular complexity index is 390. The first-order chi connectivity index (χ1) is 9.24. The van der Waals surface area contributed by atoms with Gasteiger partial charge in [-0.05, 0) is 37.6 Å². The van der Waals surface area contributed by atoms with Gasteiger partial charge in [-0.2, -0.15) is 0 Å². The van der Waals surface area contributed by atoms with Gasteiger partial charge in [-0.25, -0.2) is 0 Å². The van der Waals surface area contributed by atoms with E-state index in [1.165, 1.54) is 24.1 Å². The second-order valence-electron chi connectivity index (χ2n) is 5.32. The molecule has 0 amide bonds. The molecule has 1 aromatic rings. The normalized spacial score (nSPS) is 16.5. The van der Waals surface area contributed by atoms with Gasteiger partial charge < -0.3 is 14.9 Å². The second kappa shape index (κ2) is 6.92. The number of nitrogens with zero attached hydrogens (tertiary/aromatic N) is 2. The van der Waals surface area contributed by atoms with E-state index in [0.29, 0.717) is 0 Å². The smallest absolute Gasteiger partial charge is 0.0841 e. The number of fused-ring (bicyclic) bond motifs is 1. The maximum atomic E-state index is 10.3. The van der Waals surface area contributed by atoms with Crippen molar-refractivity contribution in [2.75, 3.05) is 37.6 Å². The zero-order chi connectivity index (χ0) is 13.7. The summed E-state index contributed by atoms with van der Waals surface area (Å²) in [4.78, 5) is 4.62. The molecule has 1 aliphatic rings. The molecule has 0 unspecified atom stereocenters. The van der Waals surface area contributed by atoms with E-state index in [4.69, 9.17) is 0 Å². The number of aryl methyl sites for hydroxylation is 1. The SMILES string of the molecule is CCN(CC)C[C@@H](O)CN1CCCc2ccccc21. The maximum Gasteiger partial charge on any atom is 0.0841 e. The van der Waals surface area contributed by atoms with Crippen LogP contribution in [0, 0.1) is 0 Å². The molecule has 0 fully saturated rings. The van der Waals surface area contributed by atoms with Crippen LogP contribution in [0.3, 0.4) is 0 Å². The van der Waals surface area contributed by atoms with Crippen LogP contribution < -0.4 is 4.90 Å². The molecule has 0 aliphatic carbocycles. The highest BCUT2D eigenvalue weighted by Crippen LogP contribution is 2.26. The van der Waals surface area contributed by atoms with E-state index in [1.54, 1.807) is 0 Å². The first kappa shape index (κ1) is 14.4. The predicted molar refractivity (Wildman–Crippen MR) is 80.8 cm³/mol. The zero-order valence-electron chi connectivity index (χ0n) is 12.2. The van der Waals surface area contributed by atoms with Gasteiger partial charge in [0.25, 0.3) is 0 Å². The van der Waals surface area contributed by atoms with Crippen LogP contribution in [0.15, 0.2) is 24.3 Å². The molecule has 1 N–H and O–H groups in total. The van der Waals surface area contributed by atoms with Gasteiger partial charge >= 0.3 is 0 Å². The fourth-order valence-corrected chi connectivity index (χ4v) is 2.89. The van der Waals surface area contributed by atoms with Crippen LogP contribution >= 0.6 is 0 Å². The average molecular weight is 262 g/mol. The number of para-hydroxylation sites is 1. The van der Waals surface area contributed by atoms with Crippen molar-refractivity contribution in [3.8, 4) is 0 Å². The molecule has 3 heteroatoms. The average Bonchev–Trinajstić information content (AvgIpc) is 2.45. The van der Waals surface area contributed by atoms with Crippen molar-refractivity contribution in [3.63, 3.8) is 0 Å². The number of benzene rings is 1. The molecule has 0 saturated carbocycles. The molecule has 0 bridgehead atoms. The van der Waals surface area contributed by atoms with E-state index in [2.05, 4.69) is 47.9 Å². The number of aliphatic hydroxyl groups is 1. The largest absolute Gasteiger partial charge is 0.390 e. The Kier molecular flexibility index (Phi) is 5.23. The minimum atomic E-state index is -0.272. The number of hydrogen-bond acceptors (Lipinski definition) is 3. The third-order valence-electron chi connectivity index (χ3n) is 4.00. The molecule has 0 spiro atoms. The number of hydrogen-bond donors (Lipinski definition) is 1. The van der Waals surface area contributed by atoms with Crippen molar-refractivity contribution >= 4 is 5.69 Å². The van der Waals surface area contributed by atoms with Gasteiger partial charge in [-0.1, -0.05) is 32.0 Å². The van der Waals surface area contributed by atoms with E-state index < -0.39 is 0 Å². The van der Waals surface area contributed by atoms with Crippen molar-refractivity contribution in [2.24, 2.45) is 0 Å². The van der Waals surface area contributed by atoms with Gasteiger partial charge in [0.15, 0.2) is 0 Å². The second-order valence-corrected chi connectivity index (χ2v) is 5.32. The van der Waals surface area contributed by atoms with E-state index in [0.717, 1.165) is 32.7 Å². The van der Waals surface area contributed by atoms with Gasteiger partial charge in [-0.3, -0.25) is 0 Å². The van der Waals surface area contributed by atoms with Gasteiger partial charge in [0.2, 0.25) is 0 Å². The Morgan fingerprint density at radius 3 is 2.74 bits per heavy atom. The van der Waals surface area contributed by atoms with Crippen molar-refractivity contribution < 1.29 is 5.11 Å². The van der Waals surface area contributed by atoms with Crippen LogP contribution in [0.2, 0.25) is 0 Å². The first-order valence-corrected chi connectivity index (χ1v) is 7.47. The summed E-state index contributed by atoms with van der Waals surface area (Å²) >= 11 is 0. The highest BCUT2D eigenvalue weighted by molar-refractivity contribution is 5.55. The number of aliphatic hydroxyl groups excluding tert-OH is 1. The van der Waals surface area contributed by atoms with E-state index >= 15 is 0 Å². The third-order valence-corrected chi connectivity index (χ3v) is 4.00. The van der Waals surface area contributed by atoms with Gasteiger partial charge in [0.1, 0.15) is 0 Å². The molecular weight excluding hydrogens is 236 g/mol. The summed E-state index contributed by atoms with van der Waals surface area (Å²) in [7, 11) is 0. The Morgan fingerprint density at radius 2 is 2.00 bits per heavy atom. The maximum absolute atomic E-state index is 10.3. The van der Waals surface area contributed by atoms with Crippen LogP contribution in [0.25, 0.3) is 0 Å².